The summed E-state index contributed by atoms with van der Waals surface area (Å²) in [6, 6.07) is 13.0. The molecule has 1 aromatic carbocycles. The highest BCUT2D eigenvalue weighted by atomic mass is 16.5. The van der Waals surface area contributed by atoms with E-state index in [4.69, 9.17) is 4.74 Å². The van der Waals surface area contributed by atoms with Gasteiger partial charge in [-0.05, 0) is 101 Å². The highest BCUT2D eigenvalue weighted by Gasteiger charge is 2.31. The van der Waals surface area contributed by atoms with E-state index in [9.17, 15) is 10.1 Å². The number of aromatic nitrogens is 1. The topological polar surface area (TPSA) is 58.3 Å². The van der Waals surface area contributed by atoms with Gasteiger partial charge in [0.1, 0.15) is 0 Å². The molecule has 0 spiro atoms. The van der Waals surface area contributed by atoms with Gasteiger partial charge in [-0.1, -0.05) is 6.92 Å². The van der Waals surface area contributed by atoms with E-state index < -0.39 is 0 Å². The molecule has 0 bridgehead atoms. The molecule has 2 saturated heterocycles. The lowest BCUT2D eigenvalue weighted by molar-refractivity contribution is 0.0633. The van der Waals surface area contributed by atoms with Crippen molar-refractivity contribution in [1.29, 1.82) is 5.26 Å². The summed E-state index contributed by atoms with van der Waals surface area (Å²) < 4.78 is 7.75. The van der Waals surface area contributed by atoms with Gasteiger partial charge in [-0.2, -0.15) is 5.26 Å². The van der Waals surface area contributed by atoms with Crippen LogP contribution in [0.25, 0.3) is 5.69 Å². The fourth-order valence-electron chi connectivity index (χ4n) is 5.89. The van der Waals surface area contributed by atoms with Crippen molar-refractivity contribution in [3.63, 3.8) is 0 Å². The SMILES string of the molecule is CCC1CCC(C)N1CC(=O)c1cc(CCCC2CCOCC2)n(-c2ccc(C#N)cc2)c1C. The van der Waals surface area contributed by atoms with Crippen molar-refractivity contribution in [3.8, 4) is 11.8 Å². The minimum atomic E-state index is 0.225. The van der Waals surface area contributed by atoms with Crippen LogP contribution in [0, 0.1) is 24.2 Å². The fraction of sp³-hybridized carbons (Fsp3) is 0.586. The minimum absolute atomic E-state index is 0.225. The van der Waals surface area contributed by atoms with E-state index in [-0.39, 0.29) is 5.78 Å². The van der Waals surface area contributed by atoms with Crippen LogP contribution >= 0.6 is 0 Å². The number of hydrogen-bond donors (Lipinski definition) is 0. The summed E-state index contributed by atoms with van der Waals surface area (Å²) >= 11 is 0. The summed E-state index contributed by atoms with van der Waals surface area (Å²) in [4.78, 5) is 15.9. The van der Waals surface area contributed by atoms with Crippen LogP contribution in [0.3, 0.4) is 0 Å². The van der Waals surface area contributed by atoms with E-state index in [1.807, 2.05) is 24.3 Å². The number of likely N-dealkylation sites (tertiary alicyclic amines) is 1. The summed E-state index contributed by atoms with van der Waals surface area (Å²) in [5.41, 5.74) is 4.73. The molecule has 0 amide bonds. The molecular formula is C29H39N3O2. The third kappa shape index (κ3) is 5.45. The van der Waals surface area contributed by atoms with Gasteiger partial charge in [-0.15, -0.1) is 0 Å². The van der Waals surface area contributed by atoms with Gasteiger partial charge in [0.2, 0.25) is 0 Å². The van der Waals surface area contributed by atoms with E-state index in [1.165, 1.54) is 25.0 Å². The molecule has 2 aliphatic rings. The van der Waals surface area contributed by atoms with Gasteiger partial charge in [0.15, 0.2) is 5.78 Å². The molecule has 3 heterocycles. The number of benzene rings is 1. The zero-order chi connectivity index (χ0) is 24.1. The molecule has 2 atom stereocenters. The van der Waals surface area contributed by atoms with Crippen LogP contribution in [-0.2, 0) is 11.2 Å². The van der Waals surface area contributed by atoms with Crippen LogP contribution in [-0.4, -0.2) is 47.1 Å². The second kappa shape index (κ2) is 11.3. The Labute approximate surface area is 204 Å². The van der Waals surface area contributed by atoms with Gasteiger partial charge in [-0.25, -0.2) is 0 Å². The van der Waals surface area contributed by atoms with E-state index in [0.717, 1.165) is 68.2 Å². The number of aryl methyl sites for hydroxylation is 1. The first kappa shape index (κ1) is 24.7. The average Bonchev–Trinajstić information content (AvgIpc) is 3.38. The Balaban J connectivity index is 1.57. The van der Waals surface area contributed by atoms with E-state index in [1.54, 1.807) is 0 Å². The number of rotatable bonds is 9. The Morgan fingerprint density at radius 1 is 1.15 bits per heavy atom. The maximum absolute atomic E-state index is 13.5. The average molecular weight is 462 g/mol. The summed E-state index contributed by atoms with van der Waals surface area (Å²) in [6.45, 7) is 8.82. The number of nitriles is 1. The van der Waals surface area contributed by atoms with Crippen molar-refractivity contribution in [2.75, 3.05) is 19.8 Å². The number of ketones is 1. The predicted molar refractivity (Wildman–Crippen MR) is 136 cm³/mol. The van der Waals surface area contributed by atoms with Gasteiger partial charge in [0, 0.05) is 47.9 Å². The molecule has 2 aromatic rings. The normalized spacial score (nSPS) is 21.6. The zero-order valence-corrected chi connectivity index (χ0v) is 21.1. The number of hydrogen-bond acceptors (Lipinski definition) is 4. The number of carbonyl (C=O) groups is 1. The number of nitrogens with zero attached hydrogens (tertiary/aromatic N) is 3. The maximum Gasteiger partial charge on any atom is 0.178 e. The van der Waals surface area contributed by atoms with Crippen LogP contribution in [0.1, 0.15) is 86.1 Å². The van der Waals surface area contributed by atoms with Crippen molar-refractivity contribution in [2.45, 2.75) is 84.2 Å². The van der Waals surface area contributed by atoms with Gasteiger partial charge < -0.3 is 9.30 Å². The Hall–Kier alpha value is -2.42. The third-order valence-electron chi connectivity index (χ3n) is 8.01. The van der Waals surface area contributed by atoms with Crippen molar-refractivity contribution in [2.24, 2.45) is 5.92 Å². The van der Waals surface area contributed by atoms with Crippen molar-refractivity contribution < 1.29 is 9.53 Å². The zero-order valence-electron chi connectivity index (χ0n) is 21.1. The van der Waals surface area contributed by atoms with Crippen LogP contribution in [0.15, 0.2) is 30.3 Å². The second-order valence-electron chi connectivity index (χ2n) is 10.2. The van der Waals surface area contributed by atoms with Crippen molar-refractivity contribution in [1.82, 2.24) is 9.47 Å². The molecule has 0 radical (unpaired) electrons. The molecule has 5 nitrogen and oxygen atoms in total. The first-order chi connectivity index (χ1) is 16.5. The molecule has 182 valence electrons. The van der Waals surface area contributed by atoms with Gasteiger partial charge >= 0.3 is 0 Å². The lowest BCUT2D eigenvalue weighted by Crippen LogP contribution is -2.38. The molecule has 0 saturated carbocycles. The Kier molecular flexibility index (Phi) is 8.24. The lowest BCUT2D eigenvalue weighted by atomic mass is 9.94. The number of ether oxygens (including phenoxy) is 1. The number of Topliss-reactive ketones (excluding diaryl/α,β-unsaturated/α-hetero) is 1. The van der Waals surface area contributed by atoms with Gasteiger partial charge in [0.05, 0.1) is 18.2 Å². The molecule has 2 fully saturated rings. The molecule has 34 heavy (non-hydrogen) atoms. The Bertz CT molecular complexity index is 1010. The number of carbonyl (C=O) groups excluding carboxylic acids is 1. The maximum atomic E-state index is 13.5. The van der Waals surface area contributed by atoms with Crippen LogP contribution in [0.4, 0.5) is 0 Å². The first-order valence-corrected chi connectivity index (χ1v) is 13.1. The smallest absolute Gasteiger partial charge is 0.178 e. The summed E-state index contributed by atoms with van der Waals surface area (Å²) in [7, 11) is 0. The molecule has 2 unspecified atom stereocenters. The van der Waals surface area contributed by atoms with E-state index in [2.05, 4.69) is 42.4 Å². The van der Waals surface area contributed by atoms with Crippen molar-refractivity contribution >= 4 is 5.78 Å². The standard InChI is InChI=1S/C29H39N3O2/c1-4-25-11-8-21(2)31(25)20-29(33)28-18-27(7-5-6-23-14-16-34-17-15-23)32(22(28)3)26-12-9-24(19-30)10-13-26/h9-10,12-13,18,21,23,25H,4-8,11,14-17,20H2,1-3H3. The summed E-state index contributed by atoms with van der Waals surface area (Å²) in [5, 5.41) is 9.21. The molecule has 1 aromatic heterocycles. The predicted octanol–water partition coefficient (Wildman–Crippen LogP) is 5.85. The van der Waals surface area contributed by atoms with Crippen LogP contribution in [0.5, 0.6) is 0 Å². The lowest BCUT2D eigenvalue weighted by Gasteiger charge is -2.26. The highest BCUT2D eigenvalue weighted by molar-refractivity contribution is 5.99. The third-order valence-corrected chi connectivity index (χ3v) is 8.01. The molecule has 4 rings (SSSR count). The largest absolute Gasteiger partial charge is 0.381 e. The van der Waals surface area contributed by atoms with Gasteiger partial charge in [0.25, 0.3) is 0 Å². The molecule has 0 N–H and O–H groups in total. The molecule has 5 heteroatoms. The second-order valence-corrected chi connectivity index (χ2v) is 10.2. The quantitative estimate of drug-likeness (QED) is 0.439. The van der Waals surface area contributed by atoms with E-state index >= 15 is 0 Å². The molecule has 0 aliphatic carbocycles. The Morgan fingerprint density at radius 3 is 2.56 bits per heavy atom. The van der Waals surface area contributed by atoms with Crippen molar-refractivity contribution in [3.05, 3.63) is 52.8 Å². The fourth-order valence-corrected chi connectivity index (χ4v) is 5.89. The monoisotopic (exact) mass is 461 g/mol. The van der Waals surface area contributed by atoms with Crippen LogP contribution < -0.4 is 0 Å². The minimum Gasteiger partial charge on any atom is -0.381 e. The summed E-state index contributed by atoms with van der Waals surface area (Å²) in [6.07, 6.45) is 9.04. The molecular weight excluding hydrogens is 422 g/mol. The molecule has 2 aliphatic heterocycles. The van der Waals surface area contributed by atoms with Gasteiger partial charge in [-0.3, -0.25) is 9.69 Å². The Morgan fingerprint density at radius 2 is 1.88 bits per heavy atom. The van der Waals surface area contributed by atoms with Crippen LogP contribution in [0.2, 0.25) is 0 Å². The first-order valence-electron chi connectivity index (χ1n) is 13.1. The highest BCUT2D eigenvalue weighted by Crippen LogP contribution is 2.29. The summed E-state index contributed by atoms with van der Waals surface area (Å²) in [5.74, 6) is 0.972. The van der Waals surface area contributed by atoms with E-state index in [0.29, 0.717) is 24.2 Å².